The van der Waals surface area contributed by atoms with Gasteiger partial charge in [-0.3, -0.25) is 4.79 Å². The fraction of sp³-hybridized carbons (Fsp3) is 0.103. The number of carbonyl (C=O) groups is 1. The van der Waals surface area contributed by atoms with Crippen LogP contribution < -0.4 is 11.1 Å². The first-order chi connectivity index (χ1) is 16.9. The van der Waals surface area contributed by atoms with Crippen LogP contribution >= 0.6 is 0 Å². The summed E-state index contributed by atoms with van der Waals surface area (Å²) in [7, 11) is 0. The van der Waals surface area contributed by atoms with Crippen LogP contribution in [0.1, 0.15) is 27.2 Å². The maximum Gasteiger partial charge on any atom is 0.251 e. The highest BCUT2D eigenvalue weighted by Gasteiger charge is 2.20. The molecule has 0 aliphatic rings. The molecule has 3 N–H and O–H groups in total. The predicted octanol–water partition coefficient (Wildman–Crippen LogP) is 6.51. The Bertz CT molecular complexity index is 1750. The minimum atomic E-state index is -0.259. The lowest BCUT2D eigenvalue weighted by Gasteiger charge is -2.11. The Morgan fingerprint density at radius 3 is 2.40 bits per heavy atom. The Morgan fingerprint density at radius 1 is 0.943 bits per heavy atom. The van der Waals surface area contributed by atoms with E-state index in [1.165, 1.54) is 6.07 Å². The van der Waals surface area contributed by atoms with E-state index in [1.54, 1.807) is 24.3 Å². The van der Waals surface area contributed by atoms with Gasteiger partial charge in [-0.2, -0.15) is 0 Å². The molecule has 0 saturated heterocycles. The Balaban J connectivity index is 1.34. The molecular formula is C29H22FN3O2. The lowest BCUT2D eigenvalue weighted by atomic mass is 9.97. The average molecular weight is 464 g/mol. The minimum Gasteiger partial charge on any atom is -0.455 e. The number of hydrogen-bond donors (Lipinski definition) is 2. The molecule has 6 aromatic rings. The molecule has 1 amide bonds. The van der Waals surface area contributed by atoms with Crippen molar-refractivity contribution in [1.82, 2.24) is 10.3 Å². The monoisotopic (exact) mass is 463 g/mol. The number of nitrogens with two attached hydrogens (primary N) is 1. The molecule has 0 radical (unpaired) electrons. The molecule has 35 heavy (non-hydrogen) atoms. The van der Waals surface area contributed by atoms with E-state index in [4.69, 9.17) is 10.2 Å². The molecule has 0 aliphatic heterocycles. The van der Waals surface area contributed by atoms with E-state index in [9.17, 15) is 9.18 Å². The van der Waals surface area contributed by atoms with Crippen molar-refractivity contribution in [2.75, 3.05) is 5.73 Å². The van der Waals surface area contributed by atoms with Gasteiger partial charge in [-0.15, -0.1) is 0 Å². The third-order valence-corrected chi connectivity index (χ3v) is 6.67. The zero-order valence-electron chi connectivity index (χ0n) is 19.3. The summed E-state index contributed by atoms with van der Waals surface area (Å²) >= 11 is 0. The van der Waals surface area contributed by atoms with E-state index >= 15 is 0 Å². The van der Waals surface area contributed by atoms with E-state index in [1.807, 2.05) is 50.2 Å². The predicted molar refractivity (Wildman–Crippen MR) is 137 cm³/mol. The van der Waals surface area contributed by atoms with E-state index in [0.717, 1.165) is 55.1 Å². The molecule has 3 aromatic carbocycles. The summed E-state index contributed by atoms with van der Waals surface area (Å²) in [4.78, 5) is 17.2. The van der Waals surface area contributed by atoms with Crippen LogP contribution in [0, 0.1) is 19.7 Å². The summed E-state index contributed by atoms with van der Waals surface area (Å²) in [6.45, 7) is 4.21. The van der Waals surface area contributed by atoms with Crippen molar-refractivity contribution in [3.63, 3.8) is 0 Å². The van der Waals surface area contributed by atoms with E-state index in [-0.39, 0.29) is 11.7 Å². The molecule has 172 valence electrons. The number of nitrogens with one attached hydrogen (secondary N) is 1. The third kappa shape index (κ3) is 3.37. The van der Waals surface area contributed by atoms with Crippen LogP contribution in [0.3, 0.4) is 0 Å². The number of furan rings is 2. The van der Waals surface area contributed by atoms with Gasteiger partial charge in [-0.25, -0.2) is 9.37 Å². The second kappa shape index (κ2) is 7.81. The lowest BCUT2D eigenvalue weighted by molar-refractivity contribution is 0.0951. The molecule has 6 heteroatoms. The minimum absolute atomic E-state index is 0.174. The van der Waals surface area contributed by atoms with Crippen molar-refractivity contribution >= 4 is 44.4 Å². The molecule has 0 saturated carbocycles. The highest BCUT2D eigenvalue weighted by atomic mass is 19.1. The highest BCUT2D eigenvalue weighted by Crippen LogP contribution is 2.42. The first-order valence-corrected chi connectivity index (χ1v) is 11.4. The number of nitrogen functional groups attached to an aromatic ring is 1. The zero-order chi connectivity index (χ0) is 24.3. The van der Waals surface area contributed by atoms with Crippen molar-refractivity contribution in [2.45, 2.75) is 20.4 Å². The van der Waals surface area contributed by atoms with E-state index < -0.39 is 0 Å². The van der Waals surface area contributed by atoms with Crippen LogP contribution in [0.5, 0.6) is 0 Å². The van der Waals surface area contributed by atoms with Crippen molar-refractivity contribution in [1.29, 1.82) is 0 Å². The summed E-state index contributed by atoms with van der Waals surface area (Å²) in [5.74, 6) is 0.0388. The molecule has 0 unspecified atom stereocenters. The first kappa shape index (κ1) is 21.1. The van der Waals surface area contributed by atoms with Gasteiger partial charge in [0.2, 0.25) is 0 Å². The number of amides is 1. The molecule has 0 fully saturated rings. The largest absolute Gasteiger partial charge is 0.455 e. The number of nitrogens with zero attached hydrogens (tertiary/aromatic N) is 1. The number of carbonyl (C=O) groups excluding carboxylic acids is 1. The molecule has 3 aromatic heterocycles. The number of anilines is 1. The smallest absolute Gasteiger partial charge is 0.251 e. The second-order valence-electron chi connectivity index (χ2n) is 8.87. The standard InChI is InChI=1S/C29H22FN3O2/c1-15-11-26(31)33-16(2)24(15)14-32-29(34)18-8-10-21-23(13-18)28-20-9-7-17(12-22(20)27(21)35-28)19-5-3-4-6-25(19)30/h3-13H,14H2,1-2H3,(H2,31,33)(H,32,34). The van der Waals surface area contributed by atoms with Gasteiger partial charge in [0, 0.05) is 44.9 Å². The number of fused-ring (bicyclic) bond motifs is 8. The van der Waals surface area contributed by atoms with Crippen LogP contribution in [-0.4, -0.2) is 10.9 Å². The Morgan fingerprint density at radius 2 is 1.66 bits per heavy atom. The Kier molecular flexibility index (Phi) is 4.71. The van der Waals surface area contributed by atoms with Crippen LogP contribution in [-0.2, 0) is 6.54 Å². The fourth-order valence-electron chi connectivity index (χ4n) is 4.90. The molecule has 0 atom stereocenters. The molecule has 2 bridgehead atoms. The number of pyridine rings is 1. The normalized spacial score (nSPS) is 11.6. The molecule has 0 spiro atoms. The number of rotatable bonds is 4. The molecular weight excluding hydrogens is 441 g/mol. The maximum absolute atomic E-state index is 14.3. The third-order valence-electron chi connectivity index (χ3n) is 6.67. The molecule has 3 heterocycles. The van der Waals surface area contributed by atoms with Crippen LogP contribution in [0.25, 0.3) is 43.8 Å². The number of halogens is 1. The van der Waals surface area contributed by atoms with Gasteiger partial charge in [-0.05, 0) is 73.0 Å². The molecule has 5 nitrogen and oxygen atoms in total. The van der Waals surface area contributed by atoms with Crippen LogP contribution in [0.4, 0.5) is 10.2 Å². The van der Waals surface area contributed by atoms with Gasteiger partial charge >= 0.3 is 0 Å². The maximum atomic E-state index is 14.3. The fourth-order valence-corrected chi connectivity index (χ4v) is 4.90. The van der Waals surface area contributed by atoms with Crippen molar-refractivity contribution in [3.8, 4) is 11.1 Å². The summed E-state index contributed by atoms with van der Waals surface area (Å²) in [5.41, 5.74) is 11.9. The van der Waals surface area contributed by atoms with Crippen LogP contribution in [0.2, 0.25) is 0 Å². The van der Waals surface area contributed by atoms with E-state index in [0.29, 0.717) is 23.5 Å². The number of benzene rings is 4. The number of hydrogen-bond acceptors (Lipinski definition) is 4. The van der Waals surface area contributed by atoms with Gasteiger partial charge in [0.1, 0.15) is 22.8 Å². The van der Waals surface area contributed by atoms with Crippen molar-refractivity contribution in [3.05, 3.63) is 94.9 Å². The van der Waals surface area contributed by atoms with Crippen molar-refractivity contribution in [2.24, 2.45) is 0 Å². The second-order valence-corrected chi connectivity index (χ2v) is 8.87. The first-order valence-electron chi connectivity index (χ1n) is 11.4. The zero-order valence-corrected chi connectivity index (χ0v) is 19.3. The van der Waals surface area contributed by atoms with Gasteiger partial charge in [0.05, 0.1) is 0 Å². The Labute approximate surface area is 200 Å². The summed E-state index contributed by atoms with van der Waals surface area (Å²) in [5, 5.41) is 6.70. The molecule has 0 aliphatic carbocycles. The highest BCUT2D eigenvalue weighted by molar-refractivity contribution is 6.26. The summed E-state index contributed by atoms with van der Waals surface area (Å²) in [6.07, 6.45) is 0. The van der Waals surface area contributed by atoms with Crippen LogP contribution in [0.15, 0.2) is 71.1 Å². The lowest BCUT2D eigenvalue weighted by Crippen LogP contribution is -2.24. The quantitative estimate of drug-likeness (QED) is 0.292. The number of aromatic nitrogens is 1. The van der Waals surface area contributed by atoms with E-state index in [2.05, 4.69) is 10.3 Å². The topological polar surface area (TPSA) is 81.1 Å². The SMILES string of the molecule is Cc1cc(N)nc(C)c1CNC(=O)c1ccc2c(c1)c1oc2c2cc(-c3ccccc3F)ccc21. The number of aryl methyl sites for hydroxylation is 2. The Hall–Kier alpha value is -4.45. The van der Waals surface area contributed by atoms with Gasteiger partial charge < -0.3 is 15.5 Å². The van der Waals surface area contributed by atoms with Crippen molar-refractivity contribution < 1.29 is 13.6 Å². The van der Waals surface area contributed by atoms with Gasteiger partial charge in [0.25, 0.3) is 5.91 Å². The summed E-state index contributed by atoms with van der Waals surface area (Å²) in [6, 6.07) is 19.9. The summed E-state index contributed by atoms with van der Waals surface area (Å²) < 4.78 is 20.4. The average Bonchev–Trinajstić information content (AvgIpc) is 3.40. The van der Waals surface area contributed by atoms with Gasteiger partial charge in [0.15, 0.2) is 0 Å². The molecule has 6 rings (SSSR count). The van der Waals surface area contributed by atoms with Gasteiger partial charge in [-0.1, -0.05) is 24.3 Å².